The Kier molecular flexibility index (Phi) is 6.09. The number of nitrogens with one attached hydrogen (secondary N) is 1. The third-order valence-electron chi connectivity index (χ3n) is 5.20. The highest BCUT2D eigenvalue weighted by Gasteiger charge is 2.54. The minimum Gasteiger partial charge on any atom is -0.459 e. The van der Waals surface area contributed by atoms with E-state index < -0.39 is 34.6 Å². The number of aromatic amines is 1. The van der Waals surface area contributed by atoms with Gasteiger partial charge in [0.1, 0.15) is 12.8 Å². The van der Waals surface area contributed by atoms with Crippen LogP contribution in [-0.4, -0.2) is 27.9 Å². The van der Waals surface area contributed by atoms with Gasteiger partial charge in [-0.2, -0.15) is 0 Å². The van der Waals surface area contributed by atoms with E-state index in [0.29, 0.717) is 12.0 Å². The van der Waals surface area contributed by atoms with Gasteiger partial charge in [-0.05, 0) is 30.5 Å². The Labute approximate surface area is 172 Å². The molecular formula is C20H23N5O5. The van der Waals surface area contributed by atoms with Gasteiger partial charge in [-0.15, -0.1) is 0 Å². The summed E-state index contributed by atoms with van der Waals surface area (Å²) in [5.41, 5.74) is 6.26. The molecule has 1 aromatic carbocycles. The summed E-state index contributed by atoms with van der Waals surface area (Å²) in [6.07, 6.45) is 2.20. The summed E-state index contributed by atoms with van der Waals surface area (Å²) in [4.78, 5) is 41.3. The van der Waals surface area contributed by atoms with Crippen molar-refractivity contribution in [2.45, 2.75) is 45.1 Å². The fourth-order valence-electron chi connectivity index (χ4n) is 3.99. The number of carbonyl (C=O) groups excluding carboxylic acids is 1. The molecule has 10 nitrogen and oxygen atoms in total. The maximum atomic E-state index is 12.4. The van der Waals surface area contributed by atoms with Crippen LogP contribution >= 0.6 is 0 Å². The van der Waals surface area contributed by atoms with Crippen molar-refractivity contribution >= 4 is 5.97 Å². The molecule has 2 aromatic rings. The van der Waals surface area contributed by atoms with Crippen LogP contribution in [0, 0.1) is 5.41 Å². The van der Waals surface area contributed by atoms with E-state index in [4.69, 9.17) is 15.0 Å². The molecule has 158 valence electrons. The lowest BCUT2D eigenvalue weighted by molar-refractivity contribution is -0.112. The molecule has 3 rings (SSSR count). The topological polar surface area (TPSA) is 139 Å². The third kappa shape index (κ3) is 4.29. The Morgan fingerprint density at radius 1 is 1.37 bits per heavy atom. The van der Waals surface area contributed by atoms with E-state index in [1.165, 1.54) is 16.8 Å². The van der Waals surface area contributed by atoms with E-state index in [1.807, 2.05) is 13.8 Å². The quantitative estimate of drug-likeness (QED) is 0.321. The zero-order valence-electron chi connectivity index (χ0n) is 16.8. The van der Waals surface area contributed by atoms with Gasteiger partial charge < -0.3 is 9.47 Å². The summed E-state index contributed by atoms with van der Waals surface area (Å²) in [6.45, 7) is 3.59. The fourth-order valence-corrected chi connectivity index (χ4v) is 3.99. The largest absolute Gasteiger partial charge is 0.459 e. The summed E-state index contributed by atoms with van der Waals surface area (Å²) >= 11 is 0. The molecule has 0 aliphatic carbocycles. The number of hydrogen-bond acceptors (Lipinski definition) is 6. The average Bonchev–Trinajstić information content (AvgIpc) is 3.00. The Bertz CT molecular complexity index is 1070. The first kappa shape index (κ1) is 21.4. The molecule has 0 radical (unpaired) electrons. The van der Waals surface area contributed by atoms with Crippen molar-refractivity contribution < 1.29 is 14.3 Å². The van der Waals surface area contributed by atoms with Gasteiger partial charge >= 0.3 is 11.7 Å². The Balaban J connectivity index is 1.93. The Hall–Kier alpha value is -3.36. The Morgan fingerprint density at radius 2 is 2.10 bits per heavy atom. The highest BCUT2D eigenvalue weighted by Crippen LogP contribution is 2.53. The molecule has 1 aliphatic heterocycles. The van der Waals surface area contributed by atoms with Gasteiger partial charge in [0, 0.05) is 22.6 Å². The number of aromatic nitrogens is 2. The van der Waals surface area contributed by atoms with Crippen molar-refractivity contribution in [2.24, 2.45) is 10.5 Å². The van der Waals surface area contributed by atoms with Crippen molar-refractivity contribution in [1.29, 1.82) is 0 Å². The van der Waals surface area contributed by atoms with Crippen molar-refractivity contribution in [3.63, 3.8) is 0 Å². The van der Waals surface area contributed by atoms with Crippen LogP contribution in [0.1, 0.15) is 49.7 Å². The van der Waals surface area contributed by atoms with Crippen LogP contribution < -0.4 is 11.2 Å². The number of ether oxygens (including phenoxy) is 2. The van der Waals surface area contributed by atoms with Crippen LogP contribution in [0.25, 0.3) is 10.4 Å². The van der Waals surface area contributed by atoms with Gasteiger partial charge in [-0.3, -0.25) is 14.3 Å². The van der Waals surface area contributed by atoms with Crippen LogP contribution in [0.2, 0.25) is 0 Å². The molecule has 2 heterocycles. The first-order chi connectivity index (χ1) is 14.3. The number of azide groups is 1. The third-order valence-corrected chi connectivity index (χ3v) is 5.20. The first-order valence-electron chi connectivity index (χ1n) is 9.60. The van der Waals surface area contributed by atoms with Gasteiger partial charge in [0.2, 0.25) is 0 Å². The van der Waals surface area contributed by atoms with Gasteiger partial charge in [-0.25, -0.2) is 9.59 Å². The lowest BCUT2D eigenvalue weighted by Crippen LogP contribution is -2.37. The van der Waals surface area contributed by atoms with Crippen LogP contribution in [0.3, 0.4) is 0 Å². The minimum absolute atomic E-state index is 0.232. The molecule has 0 spiro atoms. The zero-order chi connectivity index (χ0) is 21.8. The van der Waals surface area contributed by atoms with E-state index in [-0.39, 0.29) is 13.0 Å². The second-order valence-electron chi connectivity index (χ2n) is 7.65. The van der Waals surface area contributed by atoms with Crippen LogP contribution in [-0.2, 0) is 9.47 Å². The molecule has 1 fully saturated rings. The second kappa shape index (κ2) is 8.56. The Morgan fingerprint density at radius 3 is 2.73 bits per heavy atom. The average molecular weight is 413 g/mol. The summed E-state index contributed by atoms with van der Waals surface area (Å²) in [5.74, 6) is -0.575. The zero-order valence-corrected chi connectivity index (χ0v) is 16.8. The van der Waals surface area contributed by atoms with Crippen LogP contribution in [0.4, 0.5) is 0 Å². The van der Waals surface area contributed by atoms with Crippen LogP contribution in [0.5, 0.6) is 0 Å². The van der Waals surface area contributed by atoms with Crippen molar-refractivity contribution in [1.82, 2.24) is 9.55 Å². The molecule has 0 unspecified atom stereocenters. The maximum absolute atomic E-state index is 12.4. The van der Waals surface area contributed by atoms with Crippen molar-refractivity contribution in [3.8, 4) is 0 Å². The molecule has 1 aromatic heterocycles. The minimum atomic E-state index is -1.48. The number of carbonyl (C=O) groups is 1. The summed E-state index contributed by atoms with van der Waals surface area (Å²) in [7, 11) is 0. The molecule has 1 saturated heterocycles. The van der Waals surface area contributed by atoms with Crippen molar-refractivity contribution in [3.05, 3.63) is 79.4 Å². The summed E-state index contributed by atoms with van der Waals surface area (Å²) < 4.78 is 12.8. The lowest BCUT2D eigenvalue weighted by Gasteiger charge is -2.30. The summed E-state index contributed by atoms with van der Waals surface area (Å²) in [5, 5.41) is 3.82. The molecule has 30 heavy (non-hydrogen) atoms. The van der Waals surface area contributed by atoms with E-state index >= 15 is 0 Å². The molecule has 10 heteroatoms. The standard InChI is InChI=1S/C20H23N5O5/c1-3-10-19(2)12-20(23-24-21,13-29-16(27)14-7-5-4-6-8-14)30-17(19)25-11-9-15(26)22-18(25)28/h4-9,11,17H,3,10,12-13H2,1-2H3,(H,22,26,28)/t17-,19+,20+/m1/s1. The van der Waals surface area contributed by atoms with Crippen LogP contribution in [0.15, 0.2) is 57.3 Å². The number of esters is 1. The lowest BCUT2D eigenvalue weighted by atomic mass is 9.79. The highest BCUT2D eigenvalue weighted by atomic mass is 16.6. The summed E-state index contributed by atoms with van der Waals surface area (Å²) in [6, 6.07) is 9.65. The normalized spacial score (nSPS) is 25.5. The maximum Gasteiger partial charge on any atom is 0.338 e. The highest BCUT2D eigenvalue weighted by molar-refractivity contribution is 5.89. The van der Waals surface area contributed by atoms with Gasteiger partial charge in [0.25, 0.3) is 5.56 Å². The SMILES string of the molecule is CCC[C@@]1(C)C[C@](COC(=O)c2ccccc2)(N=[N+]=[N-])O[C@H]1n1ccc(=O)[nH]c1=O. The van der Waals surface area contributed by atoms with E-state index in [1.54, 1.807) is 30.3 Å². The van der Waals surface area contributed by atoms with E-state index in [2.05, 4.69) is 15.0 Å². The number of H-pyrrole nitrogens is 1. The number of rotatable bonds is 7. The van der Waals surface area contributed by atoms with E-state index in [0.717, 1.165) is 6.42 Å². The number of benzene rings is 1. The van der Waals surface area contributed by atoms with Gasteiger partial charge in [-0.1, -0.05) is 43.6 Å². The molecule has 1 aliphatic rings. The fraction of sp³-hybridized carbons (Fsp3) is 0.450. The number of nitrogens with zero attached hydrogens (tertiary/aromatic N) is 4. The molecule has 0 amide bonds. The second-order valence-corrected chi connectivity index (χ2v) is 7.65. The predicted octanol–water partition coefficient (Wildman–Crippen LogP) is 3.13. The monoisotopic (exact) mass is 413 g/mol. The molecule has 3 atom stereocenters. The molecule has 1 N–H and O–H groups in total. The van der Waals surface area contributed by atoms with E-state index in [9.17, 15) is 14.4 Å². The molecule has 0 bridgehead atoms. The van der Waals surface area contributed by atoms with Gasteiger partial charge in [0.15, 0.2) is 5.72 Å². The smallest absolute Gasteiger partial charge is 0.338 e. The van der Waals surface area contributed by atoms with Gasteiger partial charge in [0.05, 0.1) is 5.56 Å². The molecule has 0 saturated carbocycles. The number of hydrogen-bond donors (Lipinski definition) is 1. The predicted molar refractivity (Wildman–Crippen MR) is 108 cm³/mol. The first-order valence-corrected chi connectivity index (χ1v) is 9.60. The van der Waals surface area contributed by atoms with Crippen molar-refractivity contribution in [2.75, 3.05) is 6.61 Å². The molecular weight excluding hydrogens is 390 g/mol.